The van der Waals surface area contributed by atoms with Crippen LogP contribution in [0.5, 0.6) is 0 Å². The summed E-state index contributed by atoms with van der Waals surface area (Å²) in [6, 6.07) is 5.27. The topological polar surface area (TPSA) is 55.1 Å². The minimum absolute atomic E-state index is 0.370. The van der Waals surface area contributed by atoms with Crippen molar-refractivity contribution in [3.63, 3.8) is 0 Å². The van der Waals surface area contributed by atoms with Crippen LogP contribution in [-0.4, -0.2) is 12.5 Å². The number of carbonyl (C=O) groups excluding carboxylic acids is 1. The van der Waals surface area contributed by atoms with E-state index in [2.05, 4.69) is 12.2 Å². The summed E-state index contributed by atoms with van der Waals surface area (Å²) >= 11 is 6.01. The number of hydrogen-bond acceptors (Lipinski definition) is 2. The Morgan fingerprint density at radius 2 is 1.71 bits per heavy atom. The number of carbonyl (C=O) groups is 1. The number of amides is 1. The van der Waals surface area contributed by atoms with Crippen LogP contribution in [0.1, 0.15) is 68.6 Å². The lowest BCUT2D eigenvalue weighted by molar-refractivity contribution is 0.100. The van der Waals surface area contributed by atoms with Crippen LogP contribution in [0.15, 0.2) is 18.2 Å². The predicted molar refractivity (Wildman–Crippen MR) is 91.1 cm³/mol. The summed E-state index contributed by atoms with van der Waals surface area (Å²) in [4.78, 5) is 11.1. The molecular weight excluding hydrogens is 284 g/mol. The highest BCUT2D eigenvalue weighted by atomic mass is 35.5. The Balaban J connectivity index is 2.13. The second-order valence-electron chi connectivity index (χ2n) is 5.46. The highest BCUT2D eigenvalue weighted by Crippen LogP contribution is 2.20. The van der Waals surface area contributed by atoms with Crippen molar-refractivity contribution in [3.8, 4) is 0 Å². The normalized spacial score (nSPS) is 10.6. The first-order chi connectivity index (χ1) is 10.1. The number of anilines is 1. The number of unbranched alkanes of at least 4 members (excludes halogenated alkanes) is 7. The van der Waals surface area contributed by atoms with Gasteiger partial charge >= 0.3 is 0 Å². The lowest BCUT2D eigenvalue weighted by atomic mass is 10.1. The first-order valence-corrected chi connectivity index (χ1v) is 8.36. The van der Waals surface area contributed by atoms with Crippen molar-refractivity contribution < 1.29 is 4.79 Å². The van der Waals surface area contributed by atoms with Gasteiger partial charge in [0, 0.05) is 12.2 Å². The summed E-state index contributed by atoms with van der Waals surface area (Å²) in [6.45, 7) is 3.18. The molecule has 0 bridgehead atoms. The van der Waals surface area contributed by atoms with E-state index in [1.807, 2.05) is 6.07 Å². The summed E-state index contributed by atoms with van der Waals surface area (Å²) in [5, 5.41) is 3.73. The zero-order chi connectivity index (χ0) is 15.5. The molecule has 3 N–H and O–H groups in total. The monoisotopic (exact) mass is 310 g/mol. The van der Waals surface area contributed by atoms with E-state index in [0.29, 0.717) is 10.6 Å². The fourth-order valence-electron chi connectivity index (χ4n) is 2.32. The molecule has 0 aliphatic heterocycles. The van der Waals surface area contributed by atoms with Crippen molar-refractivity contribution in [1.82, 2.24) is 0 Å². The predicted octanol–water partition coefficient (Wildman–Crippen LogP) is 4.99. The van der Waals surface area contributed by atoms with Crippen molar-refractivity contribution in [2.75, 3.05) is 11.9 Å². The van der Waals surface area contributed by atoms with Crippen LogP contribution >= 0.6 is 11.6 Å². The lowest BCUT2D eigenvalue weighted by Crippen LogP contribution is -2.11. The Hall–Kier alpha value is -1.22. The Kier molecular flexibility index (Phi) is 8.91. The lowest BCUT2D eigenvalue weighted by Gasteiger charge is -2.08. The molecule has 0 spiro atoms. The zero-order valence-electron chi connectivity index (χ0n) is 13.0. The number of primary amides is 1. The summed E-state index contributed by atoms with van der Waals surface area (Å²) in [7, 11) is 0. The van der Waals surface area contributed by atoms with E-state index in [4.69, 9.17) is 17.3 Å². The third-order valence-electron chi connectivity index (χ3n) is 3.59. The quantitative estimate of drug-likeness (QED) is 0.566. The van der Waals surface area contributed by atoms with Crippen LogP contribution in [0.25, 0.3) is 0 Å². The molecule has 0 atom stereocenters. The van der Waals surface area contributed by atoms with Gasteiger partial charge in [0.2, 0.25) is 5.91 Å². The van der Waals surface area contributed by atoms with Crippen molar-refractivity contribution in [3.05, 3.63) is 28.8 Å². The van der Waals surface area contributed by atoms with Crippen molar-refractivity contribution in [1.29, 1.82) is 0 Å². The fourth-order valence-corrected chi connectivity index (χ4v) is 2.59. The minimum atomic E-state index is -0.491. The fraction of sp³-hybridized carbons (Fsp3) is 0.588. The summed E-state index contributed by atoms with van der Waals surface area (Å²) in [5.41, 5.74) is 6.53. The molecule has 0 aliphatic carbocycles. The molecule has 0 saturated heterocycles. The number of hydrogen-bond donors (Lipinski definition) is 2. The SMILES string of the molecule is CCCCCCCCCCNc1ccc(C(N)=O)c(Cl)c1. The number of nitrogens with one attached hydrogen (secondary N) is 1. The van der Waals surface area contributed by atoms with Crippen molar-refractivity contribution >= 4 is 23.2 Å². The average molecular weight is 311 g/mol. The molecule has 0 aliphatic rings. The van der Waals surface area contributed by atoms with Gasteiger partial charge in [-0.1, -0.05) is 63.5 Å². The molecule has 0 saturated carbocycles. The van der Waals surface area contributed by atoms with Crippen LogP contribution in [0, 0.1) is 0 Å². The average Bonchev–Trinajstić information content (AvgIpc) is 2.45. The van der Waals surface area contributed by atoms with Crippen LogP contribution in [-0.2, 0) is 0 Å². The maximum Gasteiger partial charge on any atom is 0.250 e. The molecule has 4 heteroatoms. The number of nitrogens with two attached hydrogens (primary N) is 1. The summed E-state index contributed by atoms with van der Waals surface area (Å²) in [5.74, 6) is -0.491. The van der Waals surface area contributed by atoms with Gasteiger partial charge < -0.3 is 11.1 Å². The molecule has 0 unspecified atom stereocenters. The number of benzene rings is 1. The Morgan fingerprint density at radius 3 is 2.29 bits per heavy atom. The van der Waals surface area contributed by atoms with Gasteiger partial charge in [-0.2, -0.15) is 0 Å². The highest BCUT2D eigenvalue weighted by molar-refractivity contribution is 6.34. The maximum atomic E-state index is 11.1. The standard InChI is InChI=1S/C17H27ClN2O/c1-2-3-4-5-6-7-8-9-12-20-14-10-11-15(17(19)21)16(18)13-14/h10-11,13,20H,2-9,12H2,1H3,(H2,19,21). The van der Waals surface area contributed by atoms with E-state index in [-0.39, 0.29) is 0 Å². The van der Waals surface area contributed by atoms with Crippen LogP contribution in [0.3, 0.4) is 0 Å². The number of halogens is 1. The molecular formula is C17H27ClN2O. The Labute approximate surface area is 133 Å². The molecule has 0 radical (unpaired) electrons. The first kappa shape index (κ1) is 17.8. The highest BCUT2D eigenvalue weighted by Gasteiger charge is 2.06. The molecule has 1 rings (SSSR count). The first-order valence-electron chi connectivity index (χ1n) is 7.98. The molecule has 118 valence electrons. The van der Waals surface area contributed by atoms with Crippen LogP contribution in [0.4, 0.5) is 5.69 Å². The molecule has 21 heavy (non-hydrogen) atoms. The Bertz CT molecular complexity index is 435. The van der Waals surface area contributed by atoms with E-state index < -0.39 is 5.91 Å². The van der Waals surface area contributed by atoms with Gasteiger partial charge in [-0.3, -0.25) is 4.79 Å². The second-order valence-corrected chi connectivity index (χ2v) is 5.87. The van der Waals surface area contributed by atoms with Gasteiger partial charge in [0.25, 0.3) is 0 Å². The third-order valence-corrected chi connectivity index (χ3v) is 3.91. The molecule has 0 heterocycles. The van der Waals surface area contributed by atoms with Crippen molar-refractivity contribution in [2.45, 2.75) is 58.3 Å². The van der Waals surface area contributed by atoms with Gasteiger partial charge in [0.1, 0.15) is 0 Å². The summed E-state index contributed by atoms with van der Waals surface area (Å²) < 4.78 is 0. The van der Waals surface area contributed by atoms with Gasteiger partial charge in [0.05, 0.1) is 10.6 Å². The van der Waals surface area contributed by atoms with Crippen molar-refractivity contribution in [2.24, 2.45) is 5.73 Å². The van der Waals surface area contributed by atoms with E-state index in [9.17, 15) is 4.79 Å². The molecule has 1 aromatic rings. The summed E-state index contributed by atoms with van der Waals surface area (Å²) in [6.07, 6.45) is 10.5. The van der Waals surface area contributed by atoms with E-state index in [1.165, 1.54) is 44.9 Å². The zero-order valence-corrected chi connectivity index (χ0v) is 13.7. The molecule has 3 nitrogen and oxygen atoms in total. The van der Waals surface area contributed by atoms with Crippen LogP contribution < -0.4 is 11.1 Å². The van der Waals surface area contributed by atoms with E-state index in [0.717, 1.165) is 18.7 Å². The largest absolute Gasteiger partial charge is 0.385 e. The van der Waals surface area contributed by atoms with Gasteiger partial charge in [-0.15, -0.1) is 0 Å². The second kappa shape index (κ2) is 10.5. The van der Waals surface area contributed by atoms with Gasteiger partial charge in [0.15, 0.2) is 0 Å². The van der Waals surface area contributed by atoms with E-state index in [1.54, 1.807) is 12.1 Å². The van der Waals surface area contributed by atoms with Crippen LogP contribution in [0.2, 0.25) is 5.02 Å². The maximum absolute atomic E-state index is 11.1. The minimum Gasteiger partial charge on any atom is -0.385 e. The molecule has 1 aromatic carbocycles. The van der Waals surface area contributed by atoms with Gasteiger partial charge in [-0.05, 0) is 24.6 Å². The number of rotatable bonds is 11. The molecule has 1 amide bonds. The molecule has 0 aromatic heterocycles. The third kappa shape index (κ3) is 7.37. The smallest absolute Gasteiger partial charge is 0.250 e. The van der Waals surface area contributed by atoms with E-state index >= 15 is 0 Å². The Morgan fingerprint density at radius 1 is 1.10 bits per heavy atom. The molecule has 0 fully saturated rings. The van der Waals surface area contributed by atoms with Gasteiger partial charge in [-0.25, -0.2) is 0 Å².